The van der Waals surface area contributed by atoms with Crippen molar-refractivity contribution in [1.29, 1.82) is 0 Å². The molecule has 0 saturated carbocycles. The third kappa shape index (κ3) is 1.67. The first-order valence-corrected chi connectivity index (χ1v) is 8.83. The van der Waals surface area contributed by atoms with Crippen LogP contribution in [0.1, 0.15) is 38.8 Å². The minimum absolute atomic E-state index is 0.0315. The smallest absolute Gasteiger partial charge is 0.135 e. The fourth-order valence-electron chi connectivity index (χ4n) is 4.44. The number of aromatic nitrogens is 1. The highest BCUT2D eigenvalue weighted by Gasteiger charge is 2.47. The Morgan fingerprint density at radius 1 is 0.800 bits per heavy atom. The number of hydrogen-bond acceptors (Lipinski definition) is 2. The summed E-state index contributed by atoms with van der Waals surface area (Å²) in [6.45, 7) is 9.36. The van der Waals surface area contributed by atoms with E-state index in [2.05, 4.69) is 64.1 Å². The van der Waals surface area contributed by atoms with Crippen molar-refractivity contribution in [1.82, 2.24) is 4.98 Å². The van der Waals surface area contributed by atoms with E-state index in [-0.39, 0.29) is 10.8 Å². The van der Waals surface area contributed by atoms with Gasteiger partial charge in [-0.05, 0) is 35.4 Å². The van der Waals surface area contributed by atoms with Gasteiger partial charge >= 0.3 is 0 Å². The maximum Gasteiger partial charge on any atom is 0.135 e. The number of hydrogen-bond donors (Lipinski definition) is 0. The number of rotatable bonds is 0. The van der Waals surface area contributed by atoms with Crippen LogP contribution in [0.4, 0.5) is 0 Å². The molecule has 5 rings (SSSR count). The average molecular weight is 327 g/mol. The summed E-state index contributed by atoms with van der Waals surface area (Å²) in [7, 11) is 0. The molecule has 2 aromatic heterocycles. The first kappa shape index (κ1) is 14.7. The summed E-state index contributed by atoms with van der Waals surface area (Å²) in [4.78, 5) is 4.76. The van der Waals surface area contributed by atoms with Crippen molar-refractivity contribution in [3.8, 4) is 11.3 Å². The summed E-state index contributed by atoms with van der Waals surface area (Å²) in [6.07, 6.45) is 1.90. The van der Waals surface area contributed by atoms with E-state index in [1.54, 1.807) is 0 Å². The Balaban J connectivity index is 2.04. The molecule has 0 atom stereocenters. The summed E-state index contributed by atoms with van der Waals surface area (Å²) >= 11 is 0. The van der Waals surface area contributed by atoms with E-state index in [9.17, 15) is 0 Å². The van der Waals surface area contributed by atoms with Crippen LogP contribution in [0.3, 0.4) is 0 Å². The molecule has 1 aliphatic rings. The van der Waals surface area contributed by atoms with Crippen LogP contribution in [-0.4, -0.2) is 4.98 Å². The van der Waals surface area contributed by atoms with Gasteiger partial charge in [0.25, 0.3) is 0 Å². The summed E-state index contributed by atoms with van der Waals surface area (Å²) in [5.41, 5.74) is 6.84. The molecule has 1 aliphatic carbocycles. The van der Waals surface area contributed by atoms with Crippen molar-refractivity contribution in [3.05, 3.63) is 65.9 Å². The topological polar surface area (TPSA) is 26.0 Å². The Morgan fingerprint density at radius 2 is 1.60 bits per heavy atom. The first-order chi connectivity index (χ1) is 11.9. The van der Waals surface area contributed by atoms with Gasteiger partial charge in [0.15, 0.2) is 0 Å². The number of nitrogens with zero attached hydrogens (tertiary/aromatic N) is 1. The summed E-state index contributed by atoms with van der Waals surface area (Å²) in [5, 5.41) is 2.43. The molecule has 2 nitrogen and oxygen atoms in total. The zero-order chi connectivity index (χ0) is 17.4. The van der Waals surface area contributed by atoms with Gasteiger partial charge < -0.3 is 4.42 Å². The van der Waals surface area contributed by atoms with Crippen LogP contribution < -0.4 is 0 Å². The monoisotopic (exact) mass is 327 g/mol. The highest BCUT2D eigenvalue weighted by Crippen LogP contribution is 2.55. The Bertz CT molecular complexity index is 1150. The van der Waals surface area contributed by atoms with Crippen LogP contribution in [0.15, 0.2) is 59.1 Å². The predicted octanol–water partition coefficient (Wildman–Crippen LogP) is 6.22. The van der Waals surface area contributed by atoms with Gasteiger partial charge in [-0.1, -0.05) is 52.0 Å². The third-order valence-corrected chi connectivity index (χ3v) is 6.47. The highest BCUT2D eigenvalue weighted by atomic mass is 16.3. The van der Waals surface area contributed by atoms with E-state index in [0.29, 0.717) is 0 Å². The van der Waals surface area contributed by atoms with Gasteiger partial charge in [-0.2, -0.15) is 0 Å². The second-order valence-corrected chi connectivity index (χ2v) is 8.11. The maximum absolute atomic E-state index is 6.15. The number of pyridine rings is 1. The Kier molecular flexibility index (Phi) is 2.66. The normalized spacial score (nSPS) is 17.4. The zero-order valence-corrected chi connectivity index (χ0v) is 15.1. The van der Waals surface area contributed by atoms with Crippen LogP contribution >= 0.6 is 0 Å². The summed E-state index contributed by atoms with van der Waals surface area (Å²) in [6, 6.07) is 16.9. The molecule has 2 heteroatoms. The zero-order valence-electron chi connectivity index (χ0n) is 15.1. The lowest BCUT2D eigenvalue weighted by molar-refractivity contribution is 0.300. The minimum Gasteiger partial charge on any atom is -0.456 e. The number of fused-ring (bicyclic) bond motifs is 7. The third-order valence-electron chi connectivity index (χ3n) is 6.47. The summed E-state index contributed by atoms with van der Waals surface area (Å²) < 4.78 is 6.15. The fourth-order valence-corrected chi connectivity index (χ4v) is 4.44. The lowest BCUT2D eigenvalue weighted by atomic mass is 9.55. The minimum atomic E-state index is -0.0511. The predicted molar refractivity (Wildman–Crippen MR) is 103 cm³/mol. The van der Waals surface area contributed by atoms with E-state index in [4.69, 9.17) is 9.40 Å². The van der Waals surface area contributed by atoms with E-state index >= 15 is 0 Å². The van der Waals surface area contributed by atoms with Crippen LogP contribution in [-0.2, 0) is 10.8 Å². The van der Waals surface area contributed by atoms with Gasteiger partial charge in [-0.3, -0.25) is 4.98 Å². The van der Waals surface area contributed by atoms with E-state index in [0.717, 1.165) is 16.9 Å². The Labute approximate surface area is 147 Å². The van der Waals surface area contributed by atoms with Gasteiger partial charge in [0.05, 0.1) is 5.69 Å². The molecular formula is C23H21NO. The Hall–Kier alpha value is -2.61. The van der Waals surface area contributed by atoms with Gasteiger partial charge in [0.2, 0.25) is 0 Å². The molecule has 0 unspecified atom stereocenters. The molecule has 2 aromatic carbocycles. The van der Waals surface area contributed by atoms with Crippen molar-refractivity contribution < 1.29 is 4.42 Å². The van der Waals surface area contributed by atoms with Gasteiger partial charge in [-0.15, -0.1) is 0 Å². The molecular weight excluding hydrogens is 306 g/mol. The van der Waals surface area contributed by atoms with Gasteiger partial charge in [0.1, 0.15) is 11.2 Å². The van der Waals surface area contributed by atoms with E-state index < -0.39 is 0 Å². The lowest BCUT2D eigenvalue weighted by Crippen LogP contribution is -2.43. The molecule has 0 saturated heterocycles. The fraction of sp³-hybridized carbons (Fsp3) is 0.261. The van der Waals surface area contributed by atoms with Crippen molar-refractivity contribution >= 4 is 21.9 Å². The molecule has 2 heterocycles. The molecule has 25 heavy (non-hydrogen) atoms. The summed E-state index contributed by atoms with van der Waals surface area (Å²) in [5.74, 6) is 0. The number of benzene rings is 2. The van der Waals surface area contributed by atoms with Crippen molar-refractivity contribution in [3.63, 3.8) is 0 Å². The van der Waals surface area contributed by atoms with Crippen molar-refractivity contribution in [2.24, 2.45) is 0 Å². The lowest BCUT2D eigenvalue weighted by Gasteiger charge is -2.48. The van der Waals surface area contributed by atoms with Gasteiger partial charge in [0, 0.05) is 33.4 Å². The molecule has 124 valence electrons. The van der Waals surface area contributed by atoms with Crippen molar-refractivity contribution in [2.75, 3.05) is 0 Å². The molecule has 0 N–H and O–H groups in total. The number of furan rings is 1. The van der Waals surface area contributed by atoms with Crippen LogP contribution in [0.5, 0.6) is 0 Å². The van der Waals surface area contributed by atoms with Crippen LogP contribution in [0.25, 0.3) is 33.2 Å². The Morgan fingerprint density at radius 3 is 2.44 bits per heavy atom. The molecule has 0 spiro atoms. The second kappa shape index (κ2) is 4.51. The van der Waals surface area contributed by atoms with E-state index in [1.165, 1.54) is 27.5 Å². The van der Waals surface area contributed by atoms with E-state index in [1.807, 2.05) is 18.3 Å². The van der Waals surface area contributed by atoms with Crippen LogP contribution in [0, 0.1) is 0 Å². The second-order valence-electron chi connectivity index (χ2n) is 8.11. The van der Waals surface area contributed by atoms with Crippen molar-refractivity contribution in [2.45, 2.75) is 38.5 Å². The quantitative estimate of drug-likeness (QED) is 0.383. The average Bonchev–Trinajstić information content (AvgIpc) is 2.98. The highest BCUT2D eigenvalue weighted by molar-refractivity contribution is 6.09. The SMILES string of the molecule is CC1(C)c2cccnc2-c2ccc3oc4ccccc4c3c2C1(C)C. The maximum atomic E-state index is 6.15. The first-order valence-electron chi connectivity index (χ1n) is 8.83. The number of para-hydroxylation sites is 1. The molecule has 0 radical (unpaired) electrons. The van der Waals surface area contributed by atoms with Crippen LogP contribution in [0.2, 0.25) is 0 Å². The largest absolute Gasteiger partial charge is 0.456 e. The molecule has 4 aromatic rings. The molecule has 0 aliphatic heterocycles. The molecule has 0 bridgehead atoms. The van der Waals surface area contributed by atoms with Gasteiger partial charge in [-0.25, -0.2) is 0 Å². The standard InChI is InChI=1S/C23H21NO/c1-22(2)16-9-7-13-24-21(16)15-11-12-18-19(20(15)23(22,3)4)14-8-5-6-10-17(14)25-18/h5-13H,1-4H3. The molecule has 0 amide bonds. The molecule has 0 fully saturated rings.